The first-order chi connectivity index (χ1) is 10.2. The van der Waals surface area contributed by atoms with E-state index in [0.29, 0.717) is 31.6 Å². The van der Waals surface area contributed by atoms with Gasteiger partial charge < -0.3 is 14.0 Å². The Labute approximate surface area is 132 Å². The minimum absolute atomic E-state index is 0.389. The summed E-state index contributed by atoms with van der Waals surface area (Å²) in [6.07, 6.45) is 0.805. The van der Waals surface area contributed by atoms with Gasteiger partial charge in [-0.3, -0.25) is 0 Å². The first-order valence-electron chi connectivity index (χ1n) is 7.96. The van der Waals surface area contributed by atoms with Gasteiger partial charge in [-0.15, -0.1) is 0 Å². The molecule has 1 aromatic rings. The van der Waals surface area contributed by atoms with Crippen molar-refractivity contribution < 1.29 is 18.4 Å². The lowest BCUT2D eigenvalue weighted by atomic mass is 9.76. The van der Waals surface area contributed by atoms with E-state index in [4.69, 9.17) is 14.0 Å². The molecule has 0 radical (unpaired) electrons. The van der Waals surface area contributed by atoms with Crippen LogP contribution in [0.2, 0.25) is 0 Å². The first-order valence-corrected chi connectivity index (χ1v) is 7.96. The van der Waals surface area contributed by atoms with E-state index in [9.17, 15) is 0 Å². The Bertz CT molecular complexity index is 537. The molecule has 2 aliphatic rings. The monoisotopic (exact) mass is 306 g/mol. The SMILES string of the molecule is CC1(C)OB(c2cccc(C3(F)CCOCC3)c2)OC1(C)C. The first kappa shape index (κ1) is 16.0. The van der Waals surface area contributed by atoms with E-state index in [1.54, 1.807) is 0 Å². The molecule has 3 nitrogen and oxygen atoms in total. The van der Waals surface area contributed by atoms with Crippen LogP contribution < -0.4 is 5.46 Å². The predicted octanol–water partition coefficient (Wildman–Crippen LogP) is 2.96. The fourth-order valence-electron chi connectivity index (χ4n) is 2.93. The zero-order chi connectivity index (χ0) is 16.0. The van der Waals surface area contributed by atoms with Gasteiger partial charge in [-0.05, 0) is 38.7 Å². The van der Waals surface area contributed by atoms with Crippen molar-refractivity contribution in [3.8, 4) is 0 Å². The number of ether oxygens (including phenoxy) is 1. The van der Waals surface area contributed by atoms with Gasteiger partial charge in [-0.25, -0.2) is 4.39 Å². The van der Waals surface area contributed by atoms with Gasteiger partial charge in [0, 0.05) is 26.1 Å². The van der Waals surface area contributed by atoms with Gasteiger partial charge in [-0.1, -0.05) is 24.3 Å². The maximum absolute atomic E-state index is 15.1. The number of rotatable bonds is 2. The van der Waals surface area contributed by atoms with Crippen LogP contribution in [0.15, 0.2) is 24.3 Å². The van der Waals surface area contributed by atoms with Crippen LogP contribution in [-0.2, 0) is 19.7 Å². The van der Waals surface area contributed by atoms with Crippen LogP contribution in [0.1, 0.15) is 46.1 Å². The Kier molecular flexibility index (Phi) is 3.87. The smallest absolute Gasteiger partial charge is 0.399 e. The van der Waals surface area contributed by atoms with E-state index >= 15 is 4.39 Å². The van der Waals surface area contributed by atoms with Crippen LogP contribution in [0.3, 0.4) is 0 Å². The topological polar surface area (TPSA) is 27.7 Å². The molecule has 0 aliphatic carbocycles. The average Bonchev–Trinajstić information content (AvgIpc) is 2.69. The van der Waals surface area contributed by atoms with Crippen molar-refractivity contribution in [2.45, 2.75) is 57.4 Å². The van der Waals surface area contributed by atoms with E-state index in [1.807, 2.05) is 52.0 Å². The number of hydrogen-bond donors (Lipinski definition) is 0. The van der Waals surface area contributed by atoms with Crippen LogP contribution in [0.4, 0.5) is 4.39 Å². The molecule has 0 aromatic heterocycles. The van der Waals surface area contributed by atoms with E-state index in [-0.39, 0.29) is 11.2 Å². The molecule has 2 aliphatic heterocycles. The minimum atomic E-state index is -1.31. The highest BCUT2D eigenvalue weighted by Crippen LogP contribution is 2.38. The quantitative estimate of drug-likeness (QED) is 0.786. The van der Waals surface area contributed by atoms with Crippen molar-refractivity contribution in [3.05, 3.63) is 29.8 Å². The lowest BCUT2D eigenvalue weighted by Gasteiger charge is -2.32. The molecule has 0 atom stereocenters. The highest BCUT2D eigenvalue weighted by atomic mass is 19.1. The molecule has 0 amide bonds. The largest absolute Gasteiger partial charge is 0.494 e. The molecule has 0 bridgehead atoms. The van der Waals surface area contributed by atoms with Crippen molar-refractivity contribution in [3.63, 3.8) is 0 Å². The second kappa shape index (κ2) is 5.32. The van der Waals surface area contributed by atoms with Crippen molar-refractivity contribution in [1.82, 2.24) is 0 Å². The number of benzene rings is 1. The Morgan fingerprint density at radius 1 is 1.00 bits per heavy atom. The highest BCUT2D eigenvalue weighted by molar-refractivity contribution is 6.62. The molecule has 22 heavy (non-hydrogen) atoms. The average molecular weight is 306 g/mol. The summed E-state index contributed by atoms with van der Waals surface area (Å²) in [5, 5.41) is 0. The highest BCUT2D eigenvalue weighted by Gasteiger charge is 2.51. The van der Waals surface area contributed by atoms with Crippen molar-refractivity contribution in [2.75, 3.05) is 13.2 Å². The molecule has 2 saturated heterocycles. The van der Waals surface area contributed by atoms with Gasteiger partial charge in [-0.2, -0.15) is 0 Å². The maximum Gasteiger partial charge on any atom is 0.494 e. The molecule has 0 N–H and O–H groups in total. The maximum atomic E-state index is 15.1. The molecular formula is C17H24BFO3. The van der Waals surface area contributed by atoms with Gasteiger partial charge in [0.1, 0.15) is 5.67 Å². The summed E-state index contributed by atoms with van der Waals surface area (Å²) in [5.74, 6) is 0. The Morgan fingerprint density at radius 2 is 1.59 bits per heavy atom. The van der Waals surface area contributed by atoms with Gasteiger partial charge >= 0.3 is 7.12 Å². The van der Waals surface area contributed by atoms with Crippen LogP contribution in [0.25, 0.3) is 0 Å². The summed E-state index contributed by atoms with van der Waals surface area (Å²) in [6, 6.07) is 7.55. The fraction of sp³-hybridized carbons (Fsp3) is 0.647. The molecule has 0 unspecified atom stereocenters. The van der Waals surface area contributed by atoms with Crippen LogP contribution in [-0.4, -0.2) is 31.5 Å². The van der Waals surface area contributed by atoms with Gasteiger partial charge in [0.05, 0.1) is 11.2 Å². The van der Waals surface area contributed by atoms with Gasteiger partial charge in [0.15, 0.2) is 0 Å². The Morgan fingerprint density at radius 3 is 2.18 bits per heavy atom. The number of hydrogen-bond acceptors (Lipinski definition) is 3. The van der Waals surface area contributed by atoms with Crippen molar-refractivity contribution in [1.29, 1.82) is 0 Å². The Hall–Kier alpha value is -0.905. The lowest BCUT2D eigenvalue weighted by Crippen LogP contribution is -2.41. The summed E-state index contributed by atoms with van der Waals surface area (Å²) < 4.78 is 32.5. The molecule has 2 heterocycles. The summed E-state index contributed by atoms with van der Waals surface area (Å²) >= 11 is 0. The minimum Gasteiger partial charge on any atom is -0.399 e. The molecule has 0 saturated carbocycles. The number of alkyl halides is 1. The molecule has 120 valence electrons. The molecule has 5 heteroatoms. The normalized spacial score (nSPS) is 26.1. The lowest BCUT2D eigenvalue weighted by molar-refractivity contribution is -0.0114. The Balaban J connectivity index is 1.86. The second-order valence-corrected chi connectivity index (χ2v) is 7.29. The van der Waals surface area contributed by atoms with Gasteiger partial charge in [0.2, 0.25) is 0 Å². The molecule has 0 spiro atoms. The van der Waals surface area contributed by atoms with E-state index in [2.05, 4.69) is 0 Å². The fourth-order valence-corrected chi connectivity index (χ4v) is 2.93. The van der Waals surface area contributed by atoms with Crippen molar-refractivity contribution >= 4 is 12.6 Å². The van der Waals surface area contributed by atoms with E-state index in [1.165, 1.54) is 0 Å². The summed E-state index contributed by atoms with van der Waals surface area (Å²) in [4.78, 5) is 0. The standard InChI is InChI=1S/C17H24BFO3/c1-15(2)16(3,4)22-18(21-15)14-7-5-6-13(12-14)17(19)8-10-20-11-9-17/h5-7,12H,8-11H2,1-4H3. The van der Waals surface area contributed by atoms with Crippen molar-refractivity contribution in [2.24, 2.45) is 0 Å². The van der Waals surface area contributed by atoms with Crippen LogP contribution in [0.5, 0.6) is 0 Å². The van der Waals surface area contributed by atoms with E-state index in [0.717, 1.165) is 5.46 Å². The second-order valence-electron chi connectivity index (χ2n) is 7.29. The van der Waals surface area contributed by atoms with Crippen LogP contribution in [0, 0.1) is 0 Å². The zero-order valence-corrected chi connectivity index (χ0v) is 13.8. The van der Waals surface area contributed by atoms with E-state index < -0.39 is 12.8 Å². The van der Waals surface area contributed by atoms with Gasteiger partial charge in [0.25, 0.3) is 0 Å². The molecule has 1 aromatic carbocycles. The third kappa shape index (κ3) is 2.70. The predicted molar refractivity (Wildman–Crippen MR) is 85.0 cm³/mol. The third-order valence-corrected chi connectivity index (χ3v) is 5.21. The summed E-state index contributed by atoms with van der Waals surface area (Å²) in [6.45, 7) is 9.02. The summed E-state index contributed by atoms with van der Waals surface area (Å²) in [5.41, 5.74) is -0.514. The summed E-state index contributed by atoms with van der Waals surface area (Å²) in [7, 11) is -0.451. The third-order valence-electron chi connectivity index (χ3n) is 5.21. The zero-order valence-electron chi connectivity index (χ0n) is 13.8. The molecular weight excluding hydrogens is 282 g/mol. The molecule has 3 rings (SSSR count). The van der Waals surface area contributed by atoms with Crippen LogP contribution >= 0.6 is 0 Å². The molecule has 2 fully saturated rings. The number of halogens is 1.